The number of aliphatic hydroxyl groups excluding tert-OH is 1. The number of hydrogen-bond acceptors (Lipinski definition) is 5. The van der Waals surface area contributed by atoms with Crippen LogP contribution in [0.4, 0.5) is 10.5 Å². The molecule has 2 rings (SSSR count). The van der Waals surface area contributed by atoms with E-state index in [4.69, 9.17) is 15.6 Å². The average molecular weight is 392 g/mol. The Morgan fingerprint density at radius 2 is 1.79 bits per heavy atom. The molecule has 1 saturated carbocycles. The Kier molecular flexibility index (Phi) is 7.83. The van der Waals surface area contributed by atoms with Gasteiger partial charge in [-0.3, -0.25) is 4.79 Å². The largest absolute Gasteiger partial charge is 0.444 e. The van der Waals surface area contributed by atoms with Gasteiger partial charge in [0.05, 0.1) is 12.6 Å². The molecule has 0 saturated heterocycles. The normalized spacial score (nSPS) is 20.9. The molecule has 1 aromatic carbocycles. The number of nitrogens with one attached hydrogen (secondary N) is 2. The van der Waals surface area contributed by atoms with Crippen LogP contribution in [0.3, 0.4) is 0 Å². The monoisotopic (exact) mass is 391 g/mol. The fraction of sp³-hybridized carbons (Fsp3) is 0.619. The summed E-state index contributed by atoms with van der Waals surface area (Å²) < 4.78 is 5.25. The van der Waals surface area contributed by atoms with Gasteiger partial charge in [-0.25, -0.2) is 4.79 Å². The van der Waals surface area contributed by atoms with Gasteiger partial charge in [-0.2, -0.15) is 0 Å². The van der Waals surface area contributed by atoms with E-state index in [1.807, 2.05) is 20.8 Å². The number of anilines is 1. The van der Waals surface area contributed by atoms with Gasteiger partial charge in [0.25, 0.3) is 0 Å². The van der Waals surface area contributed by atoms with Crippen molar-refractivity contribution in [3.63, 3.8) is 0 Å². The second kappa shape index (κ2) is 9.89. The second-order valence-corrected chi connectivity index (χ2v) is 8.53. The number of nitrogens with two attached hydrogens (primary N) is 1. The molecule has 1 aliphatic carbocycles. The van der Waals surface area contributed by atoms with Gasteiger partial charge in [0.15, 0.2) is 0 Å². The number of carbonyl (C=O) groups excluding carboxylic acids is 2. The van der Waals surface area contributed by atoms with E-state index in [0.717, 1.165) is 31.2 Å². The van der Waals surface area contributed by atoms with Crippen molar-refractivity contribution in [1.29, 1.82) is 0 Å². The molecule has 5 N–H and O–H groups in total. The molecule has 156 valence electrons. The van der Waals surface area contributed by atoms with E-state index < -0.39 is 17.7 Å². The van der Waals surface area contributed by atoms with Crippen molar-refractivity contribution < 1.29 is 19.4 Å². The summed E-state index contributed by atoms with van der Waals surface area (Å²) in [5.41, 5.74) is 7.16. The predicted octanol–water partition coefficient (Wildman–Crippen LogP) is 2.78. The number of aliphatic hydroxyl groups is 1. The predicted molar refractivity (Wildman–Crippen MR) is 109 cm³/mol. The smallest absolute Gasteiger partial charge is 0.407 e. The van der Waals surface area contributed by atoms with Gasteiger partial charge < -0.3 is 26.2 Å². The molecule has 0 aromatic heterocycles. The Labute approximate surface area is 167 Å². The van der Waals surface area contributed by atoms with E-state index in [1.54, 1.807) is 24.3 Å². The first-order valence-corrected chi connectivity index (χ1v) is 9.91. The molecule has 0 bridgehead atoms. The summed E-state index contributed by atoms with van der Waals surface area (Å²) in [4.78, 5) is 24.2. The number of rotatable bonds is 6. The first kappa shape index (κ1) is 22.2. The number of hydrogen-bond donors (Lipinski definition) is 4. The standard InChI is InChI=1S/C21H33N3O4/c1-21(2,3)28-20(27)23-12-14-4-8-16(9-5-14)18(22)19(26)24-17-10-6-15(13-25)7-11-17/h6-7,10-11,14,16,18,25H,4-5,8-9,12-13,22H2,1-3H3,(H,23,27)(H,24,26). The molecule has 1 atom stereocenters. The number of alkyl carbamates (subject to hydrolysis) is 1. The zero-order valence-corrected chi connectivity index (χ0v) is 17.0. The third kappa shape index (κ3) is 7.13. The van der Waals surface area contributed by atoms with Gasteiger partial charge in [0.1, 0.15) is 5.60 Å². The van der Waals surface area contributed by atoms with Crippen LogP contribution in [0.5, 0.6) is 0 Å². The number of benzene rings is 1. The Morgan fingerprint density at radius 1 is 1.18 bits per heavy atom. The molecular weight excluding hydrogens is 358 g/mol. The topological polar surface area (TPSA) is 114 Å². The van der Waals surface area contributed by atoms with Crippen LogP contribution in [0.1, 0.15) is 52.0 Å². The summed E-state index contributed by atoms with van der Waals surface area (Å²) in [6.45, 7) is 6.07. The van der Waals surface area contributed by atoms with Crippen molar-refractivity contribution in [2.24, 2.45) is 17.6 Å². The lowest BCUT2D eigenvalue weighted by molar-refractivity contribution is -0.118. The molecule has 7 nitrogen and oxygen atoms in total. The van der Waals surface area contributed by atoms with Crippen LogP contribution >= 0.6 is 0 Å². The average Bonchev–Trinajstić information content (AvgIpc) is 2.65. The molecule has 0 heterocycles. The molecular formula is C21H33N3O4. The molecule has 1 aromatic rings. The third-order valence-electron chi connectivity index (χ3n) is 5.04. The number of amides is 2. The molecule has 0 spiro atoms. The van der Waals surface area contributed by atoms with E-state index in [0.29, 0.717) is 18.2 Å². The molecule has 0 aliphatic heterocycles. The second-order valence-electron chi connectivity index (χ2n) is 8.53. The molecule has 1 unspecified atom stereocenters. The van der Waals surface area contributed by atoms with Crippen LogP contribution in [-0.4, -0.2) is 35.3 Å². The molecule has 2 amide bonds. The van der Waals surface area contributed by atoms with Crippen LogP contribution in [0, 0.1) is 11.8 Å². The Morgan fingerprint density at radius 3 is 2.32 bits per heavy atom. The highest BCUT2D eigenvalue weighted by molar-refractivity contribution is 5.94. The first-order valence-electron chi connectivity index (χ1n) is 9.91. The summed E-state index contributed by atoms with van der Waals surface area (Å²) in [7, 11) is 0. The molecule has 1 fully saturated rings. The fourth-order valence-corrected chi connectivity index (χ4v) is 3.43. The molecule has 7 heteroatoms. The molecule has 0 radical (unpaired) electrons. The summed E-state index contributed by atoms with van der Waals surface area (Å²) in [5.74, 6) is 0.326. The third-order valence-corrected chi connectivity index (χ3v) is 5.04. The van der Waals surface area contributed by atoms with Gasteiger partial charge in [-0.1, -0.05) is 12.1 Å². The van der Waals surface area contributed by atoms with Crippen LogP contribution in [-0.2, 0) is 16.1 Å². The van der Waals surface area contributed by atoms with Crippen molar-refractivity contribution >= 4 is 17.7 Å². The van der Waals surface area contributed by atoms with Gasteiger partial charge >= 0.3 is 6.09 Å². The Hall–Kier alpha value is -2.12. The highest BCUT2D eigenvalue weighted by atomic mass is 16.6. The van der Waals surface area contributed by atoms with Crippen molar-refractivity contribution in [3.8, 4) is 0 Å². The Balaban J connectivity index is 1.74. The fourth-order valence-electron chi connectivity index (χ4n) is 3.43. The van der Waals surface area contributed by atoms with Crippen LogP contribution < -0.4 is 16.4 Å². The minimum Gasteiger partial charge on any atom is -0.444 e. The summed E-state index contributed by atoms with van der Waals surface area (Å²) >= 11 is 0. The minimum absolute atomic E-state index is 0.0280. The van der Waals surface area contributed by atoms with Crippen LogP contribution in [0.2, 0.25) is 0 Å². The van der Waals surface area contributed by atoms with Crippen LogP contribution in [0.15, 0.2) is 24.3 Å². The SMILES string of the molecule is CC(C)(C)OC(=O)NCC1CCC(C(N)C(=O)Nc2ccc(CO)cc2)CC1. The lowest BCUT2D eigenvalue weighted by atomic mass is 9.78. The van der Waals surface area contributed by atoms with E-state index in [9.17, 15) is 9.59 Å². The number of ether oxygens (including phenoxy) is 1. The maximum absolute atomic E-state index is 12.4. The van der Waals surface area contributed by atoms with Crippen molar-refractivity contribution in [1.82, 2.24) is 5.32 Å². The summed E-state index contributed by atoms with van der Waals surface area (Å²) in [5, 5.41) is 14.7. The highest BCUT2D eigenvalue weighted by Gasteiger charge is 2.30. The van der Waals surface area contributed by atoms with Crippen molar-refractivity contribution in [2.45, 2.75) is 64.7 Å². The van der Waals surface area contributed by atoms with E-state index in [1.165, 1.54) is 0 Å². The van der Waals surface area contributed by atoms with Crippen molar-refractivity contribution in [2.75, 3.05) is 11.9 Å². The molecule has 28 heavy (non-hydrogen) atoms. The lowest BCUT2D eigenvalue weighted by Gasteiger charge is -2.31. The number of carbonyl (C=O) groups is 2. The van der Waals surface area contributed by atoms with Gasteiger partial charge in [0.2, 0.25) is 5.91 Å². The first-order chi connectivity index (χ1) is 13.2. The van der Waals surface area contributed by atoms with Gasteiger partial charge in [-0.05, 0) is 76.0 Å². The maximum atomic E-state index is 12.4. The summed E-state index contributed by atoms with van der Waals surface area (Å²) in [6.07, 6.45) is 3.18. The lowest BCUT2D eigenvalue weighted by Crippen LogP contribution is -2.44. The zero-order valence-electron chi connectivity index (χ0n) is 17.0. The molecule has 1 aliphatic rings. The van der Waals surface area contributed by atoms with E-state index in [-0.39, 0.29) is 18.4 Å². The minimum atomic E-state index is -0.558. The maximum Gasteiger partial charge on any atom is 0.407 e. The van der Waals surface area contributed by atoms with Crippen molar-refractivity contribution in [3.05, 3.63) is 29.8 Å². The van der Waals surface area contributed by atoms with Gasteiger partial charge in [-0.15, -0.1) is 0 Å². The van der Waals surface area contributed by atoms with E-state index in [2.05, 4.69) is 10.6 Å². The quantitative estimate of drug-likeness (QED) is 0.595. The highest BCUT2D eigenvalue weighted by Crippen LogP contribution is 2.30. The van der Waals surface area contributed by atoms with Gasteiger partial charge in [0, 0.05) is 12.2 Å². The Bertz CT molecular complexity index is 647. The zero-order chi connectivity index (χ0) is 20.7. The van der Waals surface area contributed by atoms with Crippen LogP contribution in [0.25, 0.3) is 0 Å². The van der Waals surface area contributed by atoms with E-state index >= 15 is 0 Å². The summed E-state index contributed by atoms with van der Waals surface area (Å²) in [6, 6.07) is 6.50.